The Kier molecular flexibility index (Phi) is 5.73. The minimum absolute atomic E-state index is 0.114. The maximum Gasteiger partial charge on any atom is 0.322 e. The highest BCUT2D eigenvalue weighted by Crippen LogP contribution is 2.25. The van der Waals surface area contributed by atoms with Gasteiger partial charge in [-0.3, -0.25) is 0 Å². The number of hydrogen-bond acceptors (Lipinski definition) is 2. The van der Waals surface area contributed by atoms with Gasteiger partial charge in [0.2, 0.25) is 0 Å². The van der Waals surface area contributed by atoms with Gasteiger partial charge in [-0.15, -0.1) is 0 Å². The molecule has 0 saturated carbocycles. The van der Waals surface area contributed by atoms with Gasteiger partial charge < -0.3 is 15.5 Å². The summed E-state index contributed by atoms with van der Waals surface area (Å²) in [6, 6.07) is 5.49. The van der Waals surface area contributed by atoms with Gasteiger partial charge in [0.15, 0.2) is 0 Å². The Bertz CT molecular complexity index is 502. The third kappa shape index (κ3) is 4.50. The van der Waals surface area contributed by atoms with E-state index in [0.29, 0.717) is 28.3 Å². The van der Waals surface area contributed by atoms with E-state index in [2.05, 4.69) is 10.6 Å². The second-order valence-corrected chi connectivity index (χ2v) is 6.41. The Labute approximate surface area is 135 Å². The number of amides is 2. The zero-order valence-electron chi connectivity index (χ0n) is 12.3. The molecular weight excluding hydrogens is 309 g/mol. The lowest BCUT2D eigenvalue weighted by atomic mass is 10.2. The summed E-state index contributed by atoms with van der Waals surface area (Å²) in [4.78, 5) is 14.3. The van der Waals surface area contributed by atoms with Crippen LogP contribution in [0, 0.1) is 0 Å². The number of hydrogen-bond donors (Lipinski definition) is 2. The molecule has 4 nitrogen and oxygen atoms in total. The highest BCUT2D eigenvalue weighted by Gasteiger charge is 2.23. The standard InChI is InChI=1S/C15H21Cl2N3O/c1-10(2)20(9-12-4-3-7-18-12)15(21)19-11-5-6-13(16)14(17)8-11/h5-6,8,10,12,18H,3-4,7,9H2,1-2H3,(H,19,21). The fraction of sp³-hybridized carbons (Fsp3) is 0.533. The molecule has 0 spiro atoms. The first kappa shape index (κ1) is 16.4. The number of anilines is 1. The van der Waals surface area contributed by atoms with Crippen LogP contribution in [0.3, 0.4) is 0 Å². The molecule has 1 saturated heterocycles. The van der Waals surface area contributed by atoms with Crippen LogP contribution in [0.2, 0.25) is 10.0 Å². The minimum Gasteiger partial charge on any atom is -0.321 e. The summed E-state index contributed by atoms with van der Waals surface area (Å²) in [5, 5.41) is 7.21. The van der Waals surface area contributed by atoms with Crippen molar-refractivity contribution in [2.45, 2.75) is 38.8 Å². The average molecular weight is 330 g/mol. The van der Waals surface area contributed by atoms with Crippen LogP contribution in [-0.2, 0) is 0 Å². The van der Waals surface area contributed by atoms with Gasteiger partial charge >= 0.3 is 6.03 Å². The Hall–Kier alpha value is -0.970. The molecule has 0 aromatic heterocycles. The molecule has 1 aliphatic rings. The van der Waals surface area contributed by atoms with Crippen molar-refractivity contribution in [2.75, 3.05) is 18.4 Å². The van der Waals surface area contributed by atoms with Crippen LogP contribution < -0.4 is 10.6 Å². The van der Waals surface area contributed by atoms with Crippen molar-refractivity contribution in [3.05, 3.63) is 28.2 Å². The Morgan fingerprint density at radius 2 is 2.19 bits per heavy atom. The molecule has 1 heterocycles. The van der Waals surface area contributed by atoms with Crippen LogP contribution in [0.15, 0.2) is 18.2 Å². The number of nitrogens with one attached hydrogen (secondary N) is 2. The van der Waals surface area contributed by atoms with Gasteiger partial charge in [-0.2, -0.15) is 0 Å². The van der Waals surface area contributed by atoms with Crippen LogP contribution in [0.25, 0.3) is 0 Å². The van der Waals surface area contributed by atoms with Gasteiger partial charge in [-0.1, -0.05) is 23.2 Å². The number of halogens is 2. The van der Waals surface area contributed by atoms with Crippen molar-refractivity contribution in [3.63, 3.8) is 0 Å². The van der Waals surface area contributed by atoms with E-state index < -0.39 is 0 Å². The van der Waals surface area contributed by atoms with E-state index in [1.165, 1.54) is 6.42 Å². The summed E-state index contributed by atoms with van der Waals surface area (Å²) in [6.07, 6.45) is 2.29. The molecule has 116 valence electrons. The molecule has 2 N–H and O–H groups in total. The molecule has 21 heavy (non-hydrogen) atoms. The summed E-state index contributed by atoms with van der Waals surface area (Å²) in [7, 11) is 0. The summed E-state index contributed by atoms with van der Waals surface area (Å²) in [6.45, 7) is 5.78. The van der Waals surface area contributed by atoms with Crippen LogP contribution in [-0.4, -0.2) is 36.1 Å². The third-order valence-electron chi connectivity index (χ3n) is 3.63. The van der Waals surface area contributed by atoms with Crippen LogP contribution in [0.4, 0.5) is 10.5 Å². The number of carbonyl (C=O) groups excluding carboxylic acids is 1. The van der Waals surface area contributed by atoms with Gasteiger partial charge in [0.05, 0.1) is 10.0 Å². The highest BCUT2D eigenvalue weighted by molar-refractivity contribution is 6.42. The molecule has 1 atom stereocenters. The zero-order valence-corrected chi connectivity index (χ0v) is 13.8. The first-order valence-corrected chi connectivity index (χ1v) is 7.99. The van der Waals surface area contributed by atoms with E-state index in [1.54, 1.807) is 18.2 Å². The lowest BCUT2D eigenvalue weighted by Gasteiger charge is -2.29. The number of urea groups is 1. The van der Waals surface area contributed by atoms with Crippen LogP contribution >= 0.6 is 23.2 Å². The fourth-order valence-electron chi connectivity index (χ4n) is 2.45. The van der Waals surface area contributed by atoms with Crippen molar-refractivity contribution in [3.8, 4) is 0 Å². The van der Waals surface area contributed by atoms with Crippen molar-refractivity contribution in [2.24, 2.45) is 0 Å². The molecule has 2 amide bonds. The topological polar surface area (TPSA) is 44.4 Å². The summed E-state index contributed by atoms with van der Waals surface area (Å²) >= 11 is 11.9. The third-order valence-corrected chi connectivity index (χ3v) is 4.37. The summed E-state index contributed by atoms with van der Waals surface area (Å²) in [5.74, 6) is 0. The smallest absolute Gasteiger partial charge is 0.321 e. The van der Waals surface area contributed by atoms with Gasteiger partial charge in [-0.05, 0) is 51.4 Å². The minimum atomic E-state index is -0.114. The fourth-order valence-corrected chi connectivity index (χ4v) is 2.75. The van der Waals surface area contributed by atoms with E-state index in [1.807, 2.05) is 18.7 Å². The Morgan fingerprint density at radius 3 is 2.76 bits per heavy atom. The normalized spacial score (nSPS) is 18.0. The molecule has 1 aromatic rings. The molecule has 6 heteroatoms. The number of benzene rings is 1. The van der Waals surface area contributed by atoms with Crippen molar-refractivity contribution >= 4 is 34.9 Å². The second kappa shape index (κ2) is 7.34. The van der Waals surface area contributed by atoms with Gasteiger partial charge in [0.1, 0.15) is 0 Å². The average Bonchev–Trinajstić information content (AvgIpc) is 2.93. The molecule has 0 radical (unpaired) electrons. The largest absolute Gasteiger partial charge is 0.322 e. The highest BCUT2D eigenvalue weighted by atomic mass is 35.5. The summed E-state index contributed by atoms with van der Waals surface area (Å²) in [5.41, 5.74) is 0.652. The molecule has 0 aliphatic carbocycles. The summed E-state index contributed by atoms with van der Waals surface area (Å²) < 4.78 is 0. The maximum atomic E-state index is 12.4. The van der Waals surface area contributed by atoms with Crippen molar-refractivity contribution in [1.82, 2.24) is 10.2 Å². The lowest BCUT2D eigenvalue weighted by molar-refractivity contribution is 0.190. The molecule has 1 aromatic carbocycles. The zero-order chi connectivity index (χ0) is 15.4. The quantitative estimate of drug-likeness (QED) is 0.877. The van der Waals surface area contributed by atoms with E-state index in [0.717, 1.165) is 13.0 Å². The maximum absolute atomic E-state index is 12.4. The monoisotopic (exact) mass is 329 g/mol. The predicted molar refractivity (Wildman–Crippen MR) is 88.3 cm³/mol. The SMILES string of the molecule is CC(C)N(CC1CCCN1)C(=O)Nc1ccc(Cl)c(Cl)c1. The molecular formula is C15H21Cl2N3O. The van der Waals surface area contributed by atoms with Crippen molar-refractivity contribution in [1.29, 1.82) is 0 Å². The molecule has 1 aliphatic heterocycles. The first-order chi connectivity index (χ1) is 9.97. The number of nitrogens with zero attached hydrogens (tertiary/aromatic N) is 1. The first-order valence-electron chi connectivity index (χ1n) is 7.23. The lowest BCUT2D eigenvalue weighted by Crippen LogP contribution is -2.46. The van der Waals surface area contributed by atoms with E-state index in [4.69, 9.17) is 23.2 Å². The van der Waals surface area contributed by atoms with E-state index in [-0.39, 0.29) is 12.1 Å². The molecule has 0 bridgehead atoms. The Balaban J connectivity index is 2.01. The van der Waals surface area contributed by atoms with Crippen molar-refractivity contribution < 1.29 is 4.79 Å². The van der Waals surface area contributed by atoms with E-state index >= 15 is 0 Å². The molecule has 1 unspecified atom stereocenters. The van der Waals surface area contributed by atoms with Gasteiger partial charge in [0, 0.05) is 24.3 Å². The number of carbonyl (C=O) groups is 1. The van der Waals surface area contributed by atoms with E-state index in [9.17, 15) is 4.79 Å². The predicted octanol–water partition coefficient (Wildman–Crippen LogP) is 3.99. The molecule has 2 rings (SSSR count). The van der Waals surface area contributed by atoms with Crippen LogP contribution in [0.1, 0.15) is 26.7 Å². The van der Waals surface area contributed by atoms with Gasteiger partial charge in [-0.25, -0.2) is 4.79 Å². The van der Waals surface area contributed by atoms with Crippen LogP contribution in [0.5, 0.6) is 0 Å². The number of rotatable bonds is 4. The Morgan fingerprint density at radius 1 is 1.43 bits per heavy atom. The second-order valence-electron chi connectivity index (χ2n) is 5.60. The molecule has 1 fully saturated rings. The van der Waals surface area contributed by atoms with Gasteiger partial charge in [0.25, 0.3) is 0 Å².